The van der Waals surface area contributed by atoms with Gasteiger partial charge in [-0.25, -0.2) is 4.79 Å². The van der Waals surface area contributed by atoms with E-state index in [0.29, 0.717) is 5.92 Å². The molecule has 5 nitrogen and oxygen atoms in total. The average molecular weight is 313 g/mol. The van der Waals surface area contributed by atoms with E-state index in [0.717, 1.165) is 31.9 Å². The molecular weight excluding hydrogens is 294 g/mol. The molecule has 0 saturated heterocycles. The molecule has 0 radical (unpaired) electrons. The van der Waals surface area contributed by atoms with Crippen molar-refractivity contribution in [2.75, 3.05) is 0 Å². The molecule has 1 aliphatic carbocycles. The first-order valence-corrected chi connectivity index (χ1v) is 7.80. The van der Waals surface area contributed by atoms with Gasteiger partial charge in [-0.05, 0) is 30.7 Å². The Balaban J connectivity index is 1.63. The molecule has 2 atom stereocenters. The third kappa shape index (κ3) is 3.62. The molecule has 0 aliphatic heterocycles. The van der Waals surface area contributed by atoms with Crippen LogP contribution < -0.4 is 5.32 Å². The standard InChI is InChI=1S/C18H19NO4/c20-17(16-10-14(11-23-16)18(21)22)19-15-8-4-7-13(15)9-12-5-2-1-3-6-12/h1-3,5-6,10-11,13,15H,4,7-9H2,(H,19,20)(H,21,22). The second kappa shape index (κ2) is 6.69. The molecule has 1 saturated carbocycles. The van der Waals surface area contributed by atoms with Gasteiger partial charge in [0.15, 0.2) is 5.76 Å². The normalized spacial score (nSPS) is 20.3. The largest absolute Gasteiger partial charge is 0.478 e. The Bertz CT molecular complexity index is 692. The van der Waals surface area contributed by atoms with Gasteiger partial charge in [0.2, 0.25) is 0 Å². The van der Waals surface area contributed by atoms with Crippen molar-refractivity contribution in [1.82, 2.24) is 5.32 Å². The van der Waals surface area contributed by atoms with E-state index in [-0.39, 0.29) is 23.3 Å². The van der Waals surface area contributed by atoms with Gasteiger partial charge in [0, 0.05) is 12.1 Å². The summed E-state index contributed by atoms with van der Waals surface area (Å²) in [6.45, 7) is 0. The summed E-state index contributed by atoms with van der Waals surface area (Å²) in [5.74, 6) is -0.999. The Hall–Kier alpha value is -2.56. The molecule has 0 spiro atoms. The third-order valence-corrected chi connectivity index (χ3v) is 4.39. The van der Waals surface area contributed by atoms with Gasteiger partial charge in [-0.3, -0.25) is 4.79 Å². The smallest absolute Gasteiger partial charge is 0.338 e. The number of carbonyl (C=O) groups excluding carboxylic acids is 1. The molecule has 1 amide bonds. The van der Waals surface area contributed by atoms with Crippen LogP contribution in [0.1, 0.15) is 45.7 Å². The van der Waals surface area contributed by atoms with Gasteiger partial charge in [0.25, 0.3) is 5.91 Å². The highest BCUT2D eigenvalue weighted by molar-refractivity contribution is 5.95. The Kier molecular flexibility index (Phi) is 4.46. The number of carbonyl (C=O) groups is 2. The molecule has 2 unspecified atom stereocenters. The third-order valence-electron chi connectivity index (χ3n) is 4.39. The highest BCUT2D eigenvalue weighted by atomic mass is 16.4. The molecule has 120 valence electrons. The molecule has 2 N–H and O–H groups in total. The summed E-state index contributed by atoms with van der Waals surface area (Å²) in [5.41, 5.74) is 1.26. The molecule has 3 rings (SSSR count). The van der Waals surface area contributed by atoms with Crippen LogP contribution in [0.5, 0.6) is 0 Å². The van der Waals surface area contributed by atoms with Gasteiger partial charge >= 0.3 is 5.97 Å². The van der Waals surface area contributed by atoms with Crippen molar-refractivity contribution in [3.05, 3.63) is 59.5 Å². The number of benzene rings is 1. The van der Waals surface area contributed by atoms with Crippen molar-refractivity contribution in [1.29, 1.82) is 0 Å². The van der Waals surface area contributed by atoms with Crippen molar-refractivity contribution in [3.8, 4) is 0 Å². The van der Waals surface area contributed by atoms with E-state index in [1.807, 2.05) is 18.2 Å². The zero-order valence-corrected chi connectivity index (χ0v) is 12.7. The van der Waals surface area contributed by atoms with E-state index in [9.17, 15) is 9.59 Å². The first kappa shape index (κ1) is 15.3. The molecular formula is C18H19NO4. The van der Waals surface area contributed by atoms with Crippen LogP contribution in [0.3, 0.4) is 0 Å². The lowest BCUT2D eigenvalue weighted by atomic mass is 9.94. The van der Waals surface area contributed by atoms with E-state index in [2.05, 4.69) is 17.4 Å². The van der Waals surface area contributed by atoms with E-state index in [1.165, 1.54) is 11.6 Å². The van der Waals surface area contributed by atoms with Gasteiger partial charge < -0.3 is 14.8 Å². The highest BCUT2D eigenvalue weighted by Gasteiger charge is 2.29. The van der Waals surface area contributed by atoms with E-state index < -0.39 is 5.97 Å². The van der Waals surface area contributed by atoms with Gasteiger partial charge in [0.1, 0.15) is 6.26 Å². The van der Waals surface area contributed by atoms with Crippen molar-refractivity contribution in [2.45, 2.75) is 31.7 Å². The average Bonchev–Trinajstić information content (AvgIpc) is 3.18. The van der Waals surface area contributed by atoms with Crippen LogP contribution in [-0.4, -0.2) is 23.0 Å². The first-order valence-electron chi connectivity index (χ1n) is 7.80. The van der Waals surface area contributed by atoms with E-state index in [1.54, 1.807) is 0 Å². The fourth-order valence-electron chi connectivity index (χ4n) is 3.19. The number of furan rings is 1. The van der Waals surface area contributed by atoms with Crippen molar-refractivity contribution >= 4 is 11.9 Å². The fourth-order valence-corrected chi connectivity index (χ4v) is 3.19. The highest BCUT2D eigenvalue weighted by Crippen LogP contribution is 2.29. The van der Waals surface area contributed by atoms with Gasteiger partial charge in [-0.1, -0.05) is 36.8 Å². The molecule has 23 heavy (non-hydrogen) atoms. The summed E-state index contributed by atoms with van der Waals surface area (Å²) >= 11 is 0. The van der Waals surface area contributed by atoms with Gasteiger partial charge in [-0.15, -0.1) is 0 Å². The molecule has 2 aromatic rings. The molecule has 5 heteroatoms. The lowest BCUT2D eigenvalue weighted by molar-refractivity contribution is 0.0695. The molecule has 1 aromatic heterocycles. The van der Waals surface area contributed by atoms with Crippen LogP contribution in [0.15, 0.2) is 47.1 Å². The predicted octanol–water partition coefficient (Wildman–Crippen LogP) is 3.12. The van der Waals surface area contributed by atoms with Crippen LogP contribution in [-0.2, 0) is 6.42 Å². The van der Waals surface area contributed by atoms with Crippen molar-refractivity contribution < 1.29 is 19.1 Å². The Morgan fingerprint density at radius 2 is 2.00 bits per heavy atom. The summed E-state index contributed by atoms with van der Waals surface area (Å²) in [4.78, 5) is 23.1. The number of carboxylic acids is 1. The lowest BCUT2D eigenvalue weighted by Gasteiger charge is -2.20. The summed E-state index contributed by atoms with van der Waals surface area (Å²) in [7, 11) is 0. The first-order chi connectivity index (χ1) is 11.1. The minimum atomic E-state index is -1.10. The van der Waals surface area contributed by atoms with Crippen molar-refractivity contribution in [2.24, 2.45) is 5.92 Å². The summed E-state index contributed by atoms with van der Waals surface area (Å²) in [6.07, 6.45) is 5.13. The van der Waals surface area contributed by atoms with Crippen LogP contribution in [0.25, 0.3) is 0 Å². The monoisotopic (exact) mass is 313 g/mol. The van der Waals surface area contributed by atoms with E-state index >= 15 is 0 Å². The Morgan fingerprint density at radius 1 is 1.22 bits per heavy atom. The van der Waals surface area contributed by atoms with Crippen LogP contribution >= 0.6 is 0 Å². The molecule has 1 aliphatic rings. The summed E-state index contributed by atoms with van der Waals surface area (Å²) < 4.78 is 5.06. The Labute approximate surface area is 134 Å². The second-order valence-corrected chi connectivity index (χ2v) is 5.97. The number of carboxylic acid groups (broad SMARTS) is 1. The quantitative estimate of drug-likeness (QED) is 0.889. The molecule has 0 bridgehead atoms. The fraction of sp³-hybridized carbons (Fsp3) is 0.333. The molecule has 1 fully saturated rings. The number of hydrogen-bond acceptors (Lipinski definition) is 3. The van der Waals surface area contributed by atoms with Gasteiger partial charge in [0.05, 0.1) is 5.56 Å². The van der Waals surface area contributed by atoms with Crippen LogP contribution in [0.4, 0.5) is 0 Å². The number of rotatable bonds is 5. The summed E-state index contributed by atoms with van der Waals surface area (Å²) in [6, 6.07) is 11.6. The van der Waals surface area contributed by atoms with Crippen LogP contribution in [0.2, 0.25) is 0 Å². The second-order valence-electron chi connectivity index (χ2n) is 5.97. The SMILES string of the molecule is O=C(O)c1coc(C(=O)NC2CCCC2Cc2ccccc2)c1. The maximum absolute atomic E-state index is 12.2. The number of nitrogens with one attached hydrogen (secondary N) is 1. The lowest BCUT2D eigenvalue weighted by Crippen LogP contribution is -2.37. The van der Waals surface area contributed by atoms with Crippen molar-refractivity contribution in [3.63, 3.8) is 0 Å². The topological polar surface area (TPSA) is 79.5 Å². The summed E-state index contributed by atoms with van der Waals surface area (Å²) in [5, 5.41) is 11.9. The van der Waals surface area contributed by atoms with Crippen LogP contribution in [0, 0.1) is 5.92 Å². The number of hydrogen-bond donors (Lipinski definition) is 2. The zero-order chi connectivity index (χ0) is 16.2. The zero-order valence-electron chi connectivity index (χ0n) is 12.7. The number of aromatic carboxylic acids is 1. The minimum Gasteiger partial charge on any atom is -0.478 e. The van der Waals surface area contributed by atoms with Gasteiger partial charge in [-0.2, -0.15) is 0 Å². The maximum atomic E-state index is 12.2. The molecule has 1 heterocycles. The Morgan fingerprint density at radius 3 is 2.70 bits per heavy atom. The predicted molar refractivity (Wildman–Crippen MR) is 84.4 cm³/mol. The maximum Gasteiger partial charge on any atom is 0.338 e. The minimum absolute atomic E-state index is 0.0117. The molecule has 1 aromatic carbocycles. The number of amides is 1. The van der Waals surface area contributed by atoms with E-state index in [4.69, 9.17) is 9.52 Å².